The number of halogens is 4. The monoisotopic (exact) mass is 554 g/mol. The fourth-order valence-corrected chi connectivity index (χ4v) is 3.89. The second-order valence-electron chi connectivity index (χ2n) is 8.20. The highest BCUT2D eigenvalue weighted by molar-refractivity contribution is 6.30. The van der Waals surface area contributed by atoms with Gasteiger partial charge in [0.25, 0.3) is 5.56 Å². The van der Waals surface area contributed by atoms with Gasteiger partial charge in [-0.15, -0.1) is 13.2 Å². The molecule has 2 aromatic carbocycles. The smallest absolute Gasteiger partial charge is 0.425 e. The van der Waals surface area contributed by atoms with Crippen molar-refractivity contribution in [3.05, 3.63) is 80.0 Å². The van der Waals surface area contributed by atoms with E-state index in [0.29, 0.717) is 10.6 Å². The quantitative estimate of drug-likeness (QED) is 0.338. The summed E-state index contributed by atoms with van der Waals surface area (Å²) >= 11 is 5.99. The second-order valence-corrected chi connectivity index (χ2v) is 8.64. The third kappa shape index (κ3) is 5.85. The van der Waals surface area contributed by atoms with Crippen molar-refractivity contribution in [2.75, 3.05) is 13.7 Å². The first-order valence-electron chi connectivity index (χ1n) is 11.1. The Morgan fingerprint density at radius 2 is 1.76 bits per heavy atom. The number of fused-ring (bicyclic) bond motifs is 1. The van der Waals surface area contributed by atoms with E-state index in [2.05, 4.69) is 9.72 Å². The number of benzene rings is 2. The Kier molecular flexibility index (Phi) is 7.81. The summed E-state index contributed by atoms with van der Waals surface area (Å²) in [7, 11) is 2.74. The molecule has 0 spiro atoms. The summed E-state index contributed by atoms with van der Waals surface area (Å²) in [5, 5.41) is 9.99. The first-order valence-corrected chi connectivity index (χ1v) is 11.5. The van der Waals surface area contributed by atoms with Gasteiger partial charge < -0.3 is 19.3 Å². The predicted molar refractivity (Wildman–Crippen MR) is 131 cm³/mol. The molecule has 0 aliphatic rings. The van der Waals surface area contributed by atoms with E-state index >= 15 is 0 Å². The average molecular weight is 555 g/mol. The van der Waals surface area contributed by atoms with Gasteiger partial charge in [-0.3, -0.25) is 18.5 Å². The number of rotatable bonds is 9. The Morgan fingerprint density at radius 3 is 2.39 bits per heavy atom. The second kappa shape index (κ2) is 10.9. The number of alkyl halides is 3. The van der Waals surface area contributed by atoms with Crippen molar-refractivity contribution >= 4 is 22.8 Å². The molecule has 0 fully saturated rings. The summed E-state index contributed by atoms with van der Waals surface area (Å²) in [6.45, 7) is -0.616. The zero-order valence-electron chi connectivity index (χ0n) is 20.1. The number of imidazole rings is 1. The Hall–Kier alpha value is -3.81. The van der Waals surface area contributed by atoms with Crippen LogP contribution in [0.2, 0.25) is 5.02 Å². The fraction of sp³-hybridized carbons (Fsp3) is 0.292. The fourth-order valence-electron chi connectivity index (χ4n) is 3.76. The van der Waals surface area contributed by atoms with Gasteiger partial charge in [0.1, 0.15) is 11.5 Å². The van der Waals surface area contributed by atoms with Crippen molar-refractivity contribution in [3.8, 4) is 17.5 Å². The van der Waals surface area contributed by atoms with Gasteiger partial charge >= 0.3 is 18.1 Å². The molecule has 202 valence electrons. The van der Waals surface area contributed by atoms with Crippen LogP contribution in [-0.2, 0) is 24.9 Å². The summed E-state index contributed by atoms with van der Waals surface area (Å²) in [6.07, 6.45) is -5.73. The van der Waals surface area contributed by atoms with E-state index in [-0.39, 0.29) is 36.0 Å². The first kappa shape index (κ1) is 27.2. The number of hydrogen-bond donors (Lipinski definition) is 1. The van der Waals surface area contributed by atoms with Crippen LogP contribution in [0.5, 0.6) is 17.5 Å². The highest BCUT2D eigenvalue weighted by Gasteiger charge is 2.31. The minimum atomic E-state index is -4.90. The normalized spacial score (nSPS) is 12.6. The molecule has 2 aromatic heterocycles. The largest absolute Gasteiger partial charge is 0.573 e. The Balaban J connectivity index is 1.88. The molecule has 38 heavy (non-hydrogen) atoms. The maximum Gasteiger partial charge on any atom is 0.573 e. The van der Waals surface area contributed by atoms with Gasteiger partial charge in [-0.05, 0) is 29.8 Å². The highest BCUT2D eigenvalue weighted by Crippen LogP contribution is 2.30. The summed E-state index contributed by atoms with van der Waals surface area (Å²) < 4.78 is 56.4. The number of hydrogen-bond acceptors (Lipinski definition) is 7. The summed E-state index contributed by atoms with van der Waals surface area (Å²) in [5.41, 5.74) is -0.753. The molecular weight excluding hydrogens is 533 g/mol. The van der Waals surface area contributed by atoms with E-state index in [1.165, 1.54) is 30.9 Å². The van der Waals surface area contributed by atoms with Crippen molar-refractivity contribution in [3.63, 3.8) is 0 Å². The van der Waals surface area contributed by atoms with Gasteiger partial charge in [0.2, 0.25) is 0 Å². The molecule has 1 N–H and O–H groups in total. The molecule has 1 unspecified atom stereocenters. The van der Waals surface area contributed by atoms with E-state index < -0.39 is 36.1 Å². The molecule has 0 bridgehead atoms. The number of aliphatic hydroxyl groups is 1. The third-order valence-electron chi connectivity index (χ3n) is 5.62. The van der Waals surface area contributed by atoms with E-state index in [1.54, 1.807) is 24.3 Å². The van der Waals surface area contributed by atoms with E-state index in [1.807, 2.05) is 0 Å². The number of aromatic nitrogens is 4. The van der Waals surface area contributed by atoms with Gasteiger partial charge in [-0.2, -0.15) is 4.98 Å². The summed E-state index contributed by atoms with van der Waals surface area (Å²) in [4.78, 5) is 30.9. The van der Waals surface area contributed by atoms with Crippen LogP contribution in [0, 0.1) is 0 Å². The lowest BCUT2D eigenvalue weighted by Crippen LogP contribution is -2.43. The molecule has 14 heteroatoms. The van der Waals surface area contributed by atoms with Gasteiger partial charge in [-0.25, -0.2) is 4.79 Å². The van der Waals surface area contributed by atoms with Gasteiger partial charge in [0, 0.05) is 25.2 Å². The van der Waals surface area contributed by atoms with E-state index in [9.17, 15) is 27.9 Å². The SMILES string of the molecule is COC(CO)Cn1c(=O)c2c(nc(Oc3cccc(OC(F)(F)F)c3)n2Cc2ccc(Cl)cc2)n(C)c1=O. The molecular formula is C24H22ClF3N4O6. The molecule has 0 aliphatic heterocycles. The lowest BCUT2D eigenvalue weighted by atomic mass is 10.2. The number of aryl methyl sites for hydroxylation is 1. The van der Waals surface area contributed by atoms with Crippen LogP contribution in [0.15, 0.2) is 58.1 Å². The molecule has 4 aromatic rings. The van der Waals surface area contributed by atoms with Crippen molar-refractivity contribution in [2.45, 2.75) is 25.6 Å². The van der Waals surface area contributed by atoms with Crippen molar-refractivity contribution in [1.82, 2.24) is 18.7 Å². The van der Waals surface area contributed by atoms with Crippen molar-refractivity contribution in [2.24, 2.45) is 7.05 Å². The first-order chi connectivity index (χ1) is 18.0. The number of aliphatic hydroxyl groups excluding tert-OH is 1. The lowest BCUT2D eigenvalue weighted by molar-refractivity contribution is -0.274. The predicted octanol–water partition coefficient (Wildman–Crippen LogP) is 3.30. The molecule has 0 aliphatic carbocycles. The van der Waals surface area contributed by atoms with E-state index in [0.717, 1.165) is 21.3 Å². The average Bonchev–Trinajstić information content (AvgIpc) is 3.21. The maximum atomic E-state index is 13.5. The highest BCUT2D eigenvalue weighted by atomic mass is 35.5. The molecule has 0 radical (unpaired) electrons. The molecule has 0 saturated heterocycles. The van der Waals surface area contributed by atoms with Crippen LogP contribution in [0.1, 0.15) is 5.56 Å². The number of nitrogens with zero attached hydrogens (tertiary/aromatic N) is 4. The third-order valence-corrected chi connectivity index (χ3v) is 5.87. The van der Waals surface area contributed by atoms with Crippen molar-refractivity contribution in [1.29, 1.82) is 0 Å². The molecule has 10 nitrogen and oxygen atoms in total. The van der Waals surface area contributed by atoms with Crippen LogP contribution >= 0.6 is 11.6 Å². The Bertz CT molecular complexity index is 1560. The maximum absolute atomic E-state index is 13.5. The van der Waals surface area contributed by atoms with E-state index in [4.69, 9.17) is 21.1 Å². The van der Waals surface area contributed by atoms with Gasteiger partial charge in [-0.1, -0.05) is 29.8 Å². The summed E-state index contributed by atoms with van der Waals surface area (Å²) in [6, 6.07) is 11.4. The van der Waals surface area contributed by atoms with Crippen LogP contribution in [0.4, 0.5) is 13.2 Å². The van der Waals surface area contributed by atoms with Gasteiger partial charge in [0.15, 0.2) is 11.2 Å². The lowest BCUT2D eigenvalue weighted by Gasteiger charge is -2.15. The Labute approximate surface area is 218 Å². The zero-order chi connectivity index (χ0) is 27.6. The van der Waals surface area contributed by atoms with Crippen LogP contribution in [0.25, 0.3) is 11.2 Å². The van der Waals surface area contributed by atoms with Gasteiger partial charge in [0.05, 0.1) is 25.8 Å². The molecule has 4 rings (SSSR count). The Morgan fingerprint density at radius 1 is 1.08 bits per heavy atom. The van der Waals surface area contributed by atoms with Crippen LogP contribution < -0.4 is 20.7 Å². The minimum Gasteiger partial charge on any atom is -0.425 e. The standard InChI is InChI=1S/C24H22ClF3N4O6/c1-30-20-19(21(34)32(23(30)35)12-18(13-33)36-2)31(11-14-6-8-15(25)9-7-14)22(29-20)37-16-4-3-5-17(10-16)38-24(26,27)28/h3-10,18,33H,11-13H2,1-2H3. The topological polar surface area (TPSA) is 110 Å². The number of ether oxygens (including phenoxy) is 3. The van der Waals surface area contributed by atoms with Crippen LogP contribution in [0.3, 0.4) is 0 Å². The minimum absolute atomic E-state index is 0.00691. The van der Waals surface area contributed by atoms with Crippen LogP contribution in [-0.4, -0.2) is 50.0 Å². The molecule has 1 atom stereocenters. The molecule has 0 amide bonds. The zero-order valence-corrected chi connectivity index (χ0v) is 20.9. The van der Waals surface area contributed by atoms with Crippen molar-refractivity contribution < 1.29 is 32.5 Å². The molecule has 0 saturated carbocycles. The number of methoxy groups -OCH3 is 1. The summed E-state index contributed by atoms with van der Waals surface area (Å²) in [5.74, 6) is -0.566. The molecule has 2 heterocycles.